The zero-order valence-electron chi connectivity index (χ0n) is 9.54. The Hall–Kier alpha value is -0.610. The van der Waals surface area contributed by atoms with Crippen molar-refractivity contribution in [3.05, 3.63) is 0 Å². The molecular weight excluding hydrogens is 190 g/mol. The van der Waals surface area contributed by atoms with Crippen LogP contribution < -0.4 is 5.32 Å². The van der Waals surface area contributed by atoms with Gasteiger partial charge in [0.05, 0.1) is 0 Å². The minimum atomic E-state index is 0.308. The van der Waals surface area contributed by atoms with Crippen molar-refractivity contribution >= 4 is 5.91 Å². The van der Waals surface area contributed by atoms with Gasteiger partial charge < -0.3 is 5.32 Å². The Morgan fingerprint density at radius 3 is 2.80 bits per heavy atom. The molecule has 0 saturated carbocycles. The monoisotopic (exact) mass is 211 g/mol. The number of amides is 1. The number of piperidine rings is 1. The second-order valence-corrected chi connectivity index (χ2v) is 4.36. The molecule has 4 heteroatoms. The highest BCUT2D eigenvalue weighted by atomic mass is 16.2. The molecule has 2 aliphatic heterocycles. The van der Waals surface area contributed by atoms with Crippen LogP contribution in [0.5, 0.6) is 0 Å². The summed E-state index contributed by atoms with van der Waals surface area (Å²) in [6.07, 6.45) is 4.10. The van der Waals surface area contributed by atoms with Crippen molar-refractivity contribution in [2.75, 3.05) is 26.2 Å². The van der Waals surface area contributed by atoms with E-state index < -0.39 is 0 Å². The summed E-state index contributed by atoms with van der Waals surface area (Å²) >= 11 is 0. The average molecular weight is 211 g/mol. The van der Waals surface area contributed by atoms with Crippen LogP contribution >= 0.6 is 0 Å². The van der Waals surface area contributed by atoms with Gasteiger partial charge in [0.2, 0.25) is 5.91 Å². The molecule has 0 atom stereocenters. The van der Waals surface area contributed by atoms with Crippen molar-refractivity contribution in [3.63, 3.8) is 0 Å². The van der Waals surface area contributed by atoms with E-state index in [2.05, 4.69) is 17.2 Å². The van der Waals surface area contributed by atoms with Crippen molar-refractivity contribution < 1.29 is 4.79 Å². The Kier molecular flexibility index (Phi) is 3.59. The van der Waals surface area contributed by atoms with Gasteiger partial charge in [-0.3, -0.25) is 9.80 Å². The van der Waals surface area contributed by atoms with Crippen molar-refractivity contribution in [1.29, 1.82) is 0 Å². The van der Waals surface area contributed by atoms with Crippen LogP contribution in [0, 0.1) is 0 Å². The maximum Gasteiger partial charge on any atom is 0.236 e. The molecule has 86 valence electrons. The molecule has 2 heterocycles. The minimum Gasteiger partial charge on any atom is -0.317 e. The zero-order chi connectivity index (χ0) is 10.7. The van der Waals surface area contributed by atoms with Gasteiger partial charge in [-0.1, -0.05) is 0 Å². The standard InChI is InChI=1S/C11H21N3O/c1-2-13-11(15)4-3-9-14(13)10-5-7-12-8-6-10/h10,12H,2-9H2,1H3. The number of hydrazine groups is 1. The molecule has 1 N–H and O–H groups in total. The molecule has 2 saturated heterocycles. The molecule has 0 aliphatic carbocycles. The third kappa shape index (κ3) is 2.32. The van der Waals surface area contributed by atoms with E-state index in [0.717, 1.165) is 39.0 Å². The van der Waals surface area contributed by atoms with Gasteiger partial charge >= 0.3 is 0 Å². The molecule has 0 aromatic rings. The van der Waals surface area contributed by atoms with Gasteiger partial charge in [-0.15, -0.1) is 0 Å². The third-order valence-electron chi connectivity index (χ3n) is 3.41. The fourth-order valence-electron chi connectivity index (χ4n) is 2.63. The van der Waals surface area contributed by atoms with Gasteiger partial charge in [0.15, 0.2) is 0 Å². The fraction of sp³-hybridized carbons (Fsp3) is 0.909. The van der Waals surface area contributed by atoms with Gasteiger partial charge in [-0.25, -0.2) is 5.01 Å². The van der Waals surface area contributed by atoms with Crippen LogP contribution in [0.15, 0.2) is 0 Å². The molecule has 0 unspecified atom stereocenters. The summed E-state index contributed by atoms with van der Waals surface area (Å²) in [7, 11) is 0. The molecule has 2 rings (SSSR count). The molecule has 15 heavy (non-hydrogen) atoms. The normalized spacial score (nSPS) is 25.9. The molecule has 1 amide bonds. The second kappa shape index (κ2) is 4.94. The molecular formula is C11H21N3O. The van der Waals surface area contributed by atoms with E-state index in [9.17, 15) is 4.79 Å². The molecule has 0 aromatic heterocycles. The van der Waals surface area contributed by atoms with Crippen molar-refractivity contribution in [3.8, 4) is 0 Å². The number of hydrogen-bond acceptors (Lipinski definition) is 3. The number of carbonyl (C=O) groups is 1. The predicted molar refractivity (Wildman–Crippen MR) is 59.2 cm³/mol. The van der Waals surface area contributed by atoms with E-state index in [-0.39, 0.29) is 0 Å². The Morgan fingerprint density at radius 2 is 2.13 bits per heavy atom. The number of nitrogens with zero attached hydrogens (tertiary/aromatic N) is 2. The summed E-state index contributed by atoms with van der Waals surface area (Å²) in [5, 5.41) is 7.64. The molecule has 0 aromatic carbocycles. The van der Waals surface area contributed by atoms with Crippen LogP contribution in [0.1, 0.15) is 32.6 Å². The van der Waals surface area contributed by atoms with E-state index in [4.69, 9.17) is 0 Å². The van der Waals surface area contributed by atoms with E-state index >= 15 is 0 Å². The Balaban J connectivity index is 2.00. The average Bonchev–Trinajstić information content (AvgIpc) is 2.30. The third-order valence-corrected chi connectivity index (χ3v) is 3.41. The molecule has 2 aliphatic rings. The maximum absolute atomic E-state index is 11.7. The SMILES string of the molecule is CCN1C(=O)CCCN1C1CCNCC1. The van der Waals surface area contributed by atoms with Crippen LogP contribution in [-0.4, -0.2) is 48.1 Å². The largest absolute Gasteiger partial charge is 0.317 e. The lowest BCUT2D eigenvalue weighted by atomic mass is 10.0. The first-order valence-corrected chi connectivity index (χ1v) is 6.10. The first-order chi connectivity index (χ1) is 7.33. The Bertz CT molecular complexity index is 226. The Morgan fingerprint density at radius 1 is 1.40 bits per heavy atom. The molecule has 2 fully saturated rings. The topological polar surface area (TPSA) is 35.6 Å². The van der Waals surface area contributed by atoms with Crippen molar-refractivity contribution in [1.82, 2.24) is 15.3 Å². The van der Waals surface area contributed by atoms with Crippen LogP contribution in [0.25, 0.3) is 0 Å². The van der Waals surface area contributed by atoms with E-state index in [1.807, 2.05) is 5.01 Å². The van der Waals surface area contributed by atoms with Gasteiger partial charge in [0, 0.05) is 25.6 Å². The molecule has 4 nitrogen and oxygen atoms in total. The van der Waals surface area contributed by atoms with E-state index in [0.29, 0.717) is 11.9 Å². The number of carbonyl (C=O) groups excluding carboxylic acids is 1. The maximum atomic E-state index is 11.7. The summed E-state index contributed by atoms with van der Waals surface area (Å²) in [6.45, 7) is 6.13. The second-order valence-electron chi connectivity index (χ2n) is 4.36. The zero-order valence-corrected chi connectivity index (χ0v) is 9.54. The summed E-state index contributed by atoms with van der Waals surface area (Å²) < 4.78 is 0. The highest BCUT2D eigenvalue weighted by molar-refractivity contribution is 5.76. The van der Waals surface area contributed by atoms with E-state index in [1.54, 1.807) is 0 Å². The van der Waals surface area contributed by atoms with Crippen LogP contribution in [0.4, 0.5) is 0 Å². The van der Waals surface area contributed by atoms with Crippen molar-refractivity contribution in [2.24, 2.45) is 0 Å². The van der Waals surface area contributed by atoms with Gasteiger partial charge in [0.1, 0.15) is 0 Å². The lowest BCUT2D eigenvalue weighted by Crippen LogP contribution is -2.56. The van der Waals surface area contributed by atoms with Crippen LogP contribution in [0.3, 0.4) is 0 Å². The van der Waals surface area contributed by atoms with E-state index in [1.165, 1.54) is 12.8 Å². The van der Waals surface area contributed by atoms with Crippen LogP contribution in [-0.2, 0) is 4.79 Å². The summed E-state index contributed by atoms with van der Waals surface area (Å²) in [4.78, 5) is 11.7. The summed E-state index contributed by atoms with van der Waals surface area (Å²) in [5.41, 5.74) is 0. The molecule has 0 radical (unpaired) electrons. The van der Waals surface area contributed by atoms with Crippen molar-refractivity contribution in [2.45, 2.75) is 38.6 Å². The van der Waals surface area contributed by atoms with Gasteiger partial charge in [0.25, 0.3) is 0 Å². The van der Waals surface area contributed by atoms with Gasteiger partial charge in [-0.2, -0.15) is 0 Å². The summed E-state index contributed by atoms with van der Waals surface area (Å²) in [5.74, 6) is 0.308. The highest BCUT2D eigenvalue weighted by Gasteiger charge is 2.30. The Labute approximate surface area is 91.6 Å². The van der Waals surface area contributed by atoms with Gasteiger partial charge in [-0.05, 0) is 39.3 Å². The highest BCUT2D eigenvalue weighted by Crippen LogP contribution is 2.20. The van der Waals surface area contributed by atoms with Crippen LogP contribution in [0.2, 0.25) is 0 Å². The number of hydrogen-bond donors (Lipinski definition) is 1. The lowest BCUT2D eigenvalue weighted by molar-refractivity contribution is -0.161. The fourth-order valence-corrected chi connectivity index (χ4v) is 2.63. The molecule has 0 bridgehead atoms. The number of nitrogens with one attached hydrogen (secondary N) is 1. The number of rotatable bonds is 2. The lowest BCUT2D eigenvalue weighted by Gasteiger charge is -2.44. The quantitative estimate of drug-likeness (QED) is 0.726. The predicted octanol–water partition coefficient (Wildman–Crippen LogP) is 0.598. The minimum absolute atomic E-state index is 0.308. The first-order valence-electron chi connectivity index (χ1n) is 6.10. The molecule has 0 spiro atoms. The smallest absolute Gasteiger partial charge is 0.236 e. The first kappa shape index (κ1) is 10.9. The summed E-state index contributed by atoms with van der Waals surface area (Å²) in [6, 6.07) is 0.579.